The molecule has 18 heavy (non-hydrogen) atoms. The van der Waals surface area contributed by atoms with Gasteiger partial charge in [0.1, 0.15) is 6.10 Å². The first-order chi connectivity index (χ1) is 8.54. The van der Waals surface area contributed by atoms with Crippen molar-refractivity contribution in [3.63, 3.8) is 0 Å². The number of carbonyl (C=O) groups is 1. The van der Waals surface area contributed by atoms with E-state index in [1.165, 1.54) is 7.11 Å². The number of hydrogen-bond acceptors (Lipinski definition) is 4. The van der Waals surface area contributed by atoms with Crippen LogP contribution in [0.5, 0.6) is 0 Å². The maximum atomic E-state index is 11.2. The summed E-state index contributed by atoms with van der Waals surface area (Å²) in [4.78, 5) is 11.2. The second kappa shape index (κ2) is 4.80. The van der Waals surface area contributed by atoms with Crippen LogP contribution in [0.4, 0.5) is 0 Å². The molecule has 0 aliphatic carbocycles. The Morgan fingerprint density at radius 1 is 1.33 bits per heavy atom. The SMILES string of the molecule is COC(=O)C(O)C(O)c1ccc2c(ccn2C)c1. The van der Waals surface area contributed by atoms with Crippen LogP contribution in [-0.2, 0) is 16.6 Å². The molecule has 5 heteroatoms. The third-order valence-corrected chi connectivity index (χ3v) is 2.99. The zero-order valence-corrected chi connectivity index (χ0v) is 10.2. The molecule has 2 atom stereocenters. The van der Waals surface area contributed by atoms with E-state index in [0.717, 1.165) is 10.9 Å². The Morgan fingerprint density at radius 2 is 2.06 bits per heavy atom. The molecule has 2 unspecified atom stereocenters. The fourth-order valence-electron chi connectivity index (χ4n) is 1.92. The van der Waals surface area contributed by atoms with Crippen LogP contribution < -0.4 is 0 Å². The smallest absolute Gasteiger partial charge is 0.337 e. The number of ether oxygens (including phenoxy) is 1. The number of esters is 1. The number of nitrogens with zero attached hydrogens (tertiary/aromatic N) is 1. The highest BCUT2D eigenvalue weighted by molar-refractivity contribution is 5.81. The summed E-state index contributed by atoms with van der Waals surface area (Å²) in [6.45, 7) is 0. The minimum atomic E-state index is -1.57. The summed E-state index contributed by atoms with van der Waals surface area (Å²) in [6.07, 6.45) is -0.962. The lowest BCUT2D eigenvalue weighted by Gasteiger charge is -2.16. The van der Waals surface area contributed by atoms with Crippen molar-refractivity contribution in [2.45, 2.75) is 12.2 Å². The molecule has 0 saturated heterocycles. The minimum Gasteiger partial charge on any atom is -0.467 e. The normalized spacial score (nSPS) is 14.4. The zero-order chi connectivity index (χ0) is 13.3. The van der Waals surface area contributed by atoms with Gasteiger partial charge in [-0.2, -0.15) is 0 Å². The molecular formula is C13H15NO4. The monoisotopic (exact) mass is 249 g/mol. The van der Waals surface area contributed by atoms with Gasteiger partial charge in [-0.25, -0.2) is 4.79 Å². The molecule has 0 radical (unpaired) electrons. The molecule has 0 aliphatic heterocycles. The van der Waals surface area contributed by atoms with Crippen LogP contribution in [0.3, 0.4) is 0 Å². The average molecular weight is 249 g/mol. The molecule has 2 aromatic rings. The summed E-state index contributed by atoms with van der Waals surface area (Å²) in [7, 11) is 3.08. The average Bonchev–Trinajstić information content (AvgIpc) is 2.77. The first-order valence-electron chi connectivity index (χ1n) is 5.53. The van der Waals surface area contributed by atoms with Gasteiger partial charge in [0.15, 0.2) is 6.10 Å². The summed E-state index contributed by atoms with van der Waals surface area (Å²) < 4.78 is 6.34. The van der Waals surface area contributed by atoms with E-state index in [4.69, 9.17) is 0 Å². The molecule has 0 bridgehead atoms. The minimum absolute atomic E-state index is 0.478. The van der Waals surface area contributed by atoms with E-state index in [0.29, 0.717) is 5.56 Å². The zero-order valence-electron chi connectivity index (χ0n) is 10.2. The highest BCUT2D eigenvalue weighted by atomic mass is 16.5. The molecule has 96 valence electrons. The fourth-order valence-corrected chi connectivity index (χ4v) is 1.92. The summed E-state index contributed by atoms with van der Waals surface area (Å²) in [6, 6.07) is 7.15. The van der Waals surface area contributed by atoms with Gasteiger partial charge >= 0.3 is 5.97 Å². The number of aliphatic hydroxyl groups excluding tert-OH is 2. The maximum Gasteiger partial charge on any atom is 0.337 e. The second-order valence-corrected chi connectivity index (χ2v) is 4.16. The van der Waals surface area contributed by atoms with Crippen LogP contribution in [-0.4, -0.2) is 34.0 Å². The molecule has 1 aromatic heterocycles. The molecule has 2 N–H and O–H groups in total. The number of fused-ring (bicyclic) bond motifs is 1. The Bertz CT molecular complexity index is 575. The van der Waals surface area contributed by atoms with Crippen LogP contribution in [0.2, 0.25) is 0 Å². The van der Waals surface area contributed by atoms with Crippen molar-refractivity contribution in [3.8, 4) is 0 Å². The van der Waals surface area contributed by atoms with Crippen molar-refractivity contribution in [1.29, 1.82) is 0 Å². The van der Waals surface area contributed by atoms with Gasteiger partial charge in [0.05, 0.1) is 7.11 Å². The van der Waals surface area contributed by atoms with Crippen LogP contribution in [0.1, 0.15) is 11.7 Å². The lowest BCUT2D eigenvalue weighted by molar-refractivity contribution is -0.156. The predicted octanol–water partition coefficient (Wildman–Crippen LogP) is 0.746. The van der Waals surface area contributed by atoms with Crippen molar-refractivity contribution >= 4 is 16.9 Å². The topological polar surface area (TPSA) is 71.7 Å². The standard InChI is InChI=1S/C13H15NO4/c1-14-6-5-8-7-9(3-4-10(8)14)11(15)12(16)13(17)18-2/h3-7,11-12,15-16H,1-2H3. The number of aryl methyl sites for hydroxylation is 1. The highest BCUT2D eigenvalue weighted by Crippen LogP contribution is 2.23. The largest absolute Gasteiger partial charge is 0.467 e. The second-order valence-electron chi connectivity index (χ2n) is 4.16. The number of aliphatic hydroxyl groups is 2. The molecule has 1 heterocycles. The van der Waals surface area contributed by atoms with Crippen molar-refractivity contribution in [2.24, 2.45) is 7.05 Å². The lowest BCUT2D eigenvalue weighted by atomic mass is 10.0. The third-order valence-electron chi connectivity index (χ3n) is 2.99. The van der Waals surface area contributed by atoms with Crippen molar-refractivity contribution in [2.75, 3.05) is 7.11 Å². The van der Waals surface area contributed by atoms with Gasteiger partial charge in [0, 0.05) is 18.8 Å². The molecular weight excluding hydrogens is 234 g/mol. The van der Waals surface area contributed by atoms with Crippen molar-refractivity contribution < 1.29 is 19.7 Å². The fraction of sp³-hybridized carbons (Fsp3) is 0.308. The summed E-state index contributed by atoms with van der Waals surface area (Å²) >= 11 is 0. The van der Waals surface area contributed by atoms with E-state index >= 15 is 0 Å². The quantitative estimate of drug-likeness (QED) is 0.787. The van der Waals surface area contributed by atoms with Crippen LogP contribution >= 0.6 is 0 Å². The number of benzene rings is 1. The molecule has 0 amide bonds. The van der Waals surface area contributed by atoms with Gasteiger partial charge in [0.2, 0.25) is 0 Å². The van der Waals surface area contributed by atoms with Gasteiger partial charge in [-0.15, -0.1) is 0 Å². The Hall–Kier alpha value is -1.85. The van der Waals surface area contributed by atoms with Gasteiger partial charge in [-0.3, -0.25) is 0 Å². The van der Waals surface area contributed by atoms with Crippen LogP contribution in [0.25, 0.3) is 10.9 Å². The number of hydrogen-bond donors (Lipinski definition) is 2. The van der Waals surface area contributed by atoms with E-state index < -0.39 is 18.2 Å². The first-order valence-corrected chi connectivity index (χ1v) is 5.53. The van der Waals surface area contributed by atoms with E-state index in [1.807, 2.05) is 29.9 Å². The van der Waals surface area contributed by atoms with E-state index in [9.17, 15) is 15.0 Å². The van der Waals surface area contributed by atoms with Crippen molar-refractivity contribution in [1.82, 2.24) is 4.57 Å². The Morgan fingerprint density at radius 3 is 2.72 bits per heavy atom. The lowest BCUT2D eigenvalue weighted by Crippen LogP contribution is -2.28. The maximum absolute atomic E-state index is 11.2. The molecule has 2 rings (SSSR count). The number of rotatable bonds is 3. The van der Waals surface area contributed by atoms with Crippen molar-refractivity contribution in [3.05, 3.63) is 36.0 Å². The van der Waals surface area contributed by atoms with Gasteiger partial charge in [0.25, 0.3) is 0 Å². The number of aromatic nitrogens is 1. The molecule has 1 aromatic carbocycles. The summed E-state index contributed by atoms with van der Waals surface area (Å²) in [5.41, 5.74) is 1.49. The Balaban J connectivity index is 2.33. The Kier molecular flexibility index (Phi) is 3.36. The van der Waals surface area contributed by atoms with Crippen LogP contribution in [0.15, 0.2) is 30.5 Å². The molecule has 0 aliphatic rings. The van der Waals surface area contributed by atoms with Crippen LogP contribution in [0, 0.1) is 0 Å². The third kappa shape index (κ3) is 2.10. The molecule has 0 fully saturated rings. The van der Waals surface area contributed by atoms with E-state index in [2.05, 4.69) is 4.74 Å². The molecule has 5 nitrogen and oxygen atoms in total. The highest BCUT2D eigenvalue weighted by Gasteiger charge is 2.26. The first kappa shape index (κ1) is 12.6. The number of methoxy groups -OCH3 is 1. The van der Waals surface area contributed by atoms with Gasteiger partial charge in [-0.1, -0.05) is 6.07 Å². The summed E-state index contributed by atoms with van der Waals surface area (Å²) in [5, 5.41) is 20.4. The van der Waals surface area contributed by atoms with Gasteiger partial charge in [-0.05, 0) is 29.1 Å². The molecule has 0 spiro atoms. The van der Waals surface area contributed by atoms with E-state index in [1.54, 1.807) is 12.1 Å². The van der Waals surface area contributed by atoms with E-state index in [-0.39, 0.29) is 0 Å². The van der Waals surface area contributed by atoms with Gasteiger partial charge < -0.3 is 19.5 Å². The molecule has 0 saturated carbocycles. The summed E-state index contributed by atoms with van der Waals surface area (Å²) in [5.74, 6) is -0.851. The number of carbonyl (C=O) groups excluding carboxylic acids is 1. The predicted molar refractivity (Wildman–Crippen MR) is 65.9 cm³/mol. The Labute approximate surface area is 104 Å².